The molecule has 0 aliphatic rings. The van der Waals surface area contributed by atoms with E-state index in [1.807, 2.05) is 37.3 Å². The third kappa shape index (κ3) is 4.22. The van der Waals surface area contributed by atoms with Gasteiger partial charge in [0.2, 0.25) is 0 Å². The molecule has 0 atom stereocenters. The highest BCUT2D eigenvalue weighted by Gasteiger charge is 2.15. The average Bonchev–Trinajstić information content (AvgIpc) is 3.27. The van der Waals surface area contributed by atoms with Crippen molar-refractivity contribution >= 4 is 0 Å². The Morgan fingerprint density at radius 1 is 1.12 bits per heavy atom. The first-order valence-electron chi connectivity index (χ1n) is 8.14. The highest BCUT2D eigenvalue weighted by atomic mass is 16.5. The van der Waals surface area contributed by atoms with Crippen molar-refractivity contribution in [3.05, 3.63) is 65.6 Å². The van der Waals surface area contributed by atoms with Crippen LogP contribution in [-0.2, 0) is 19.6 Å². The Bertz CT molecular complexity index is 796. The van der Waals surface area contributed by atoms with Crippen molar-refractivity contribution in [3.8, 4) is 11.5 Å². The molecule has 0 aliphatic carbocycles. The molecule has 0 spiro atoms. The van der Waals surface area contributed by atoms with E-state index < -0.39 is 0 Å². The molecule has 0 amide bonds. The number of imidazole rings is 1. The van der Waals surface area contributed by atoms with Crippen LogP contribution in [0.5, 0.6) is 11.5 Å². The Morgan fingerprint density at radius 3 is 2.64 bits per heavy atom. The SMILES string of the molecule is COc1ccc(OC)c(CN(Cc2ccco2)Cc2nc[nH]c2C)c1. The summed E-state index contributed by atoms with van der Waals surface area (Å²) in [7, 11) is 3.35. The van der Waals surface area contributed by atoms with E-state index in [2.05, 4.69) is 14.9 Å². The number of nitrogens with zero attached hydrogens (tertiary/aromatic N) is 2. The van der Waals surface area contributed by atoms with Gasteiger partial charge >= 0.3 is 0 Å². The monoisotopic (exact) mass is 341 g/mol. The molecular formula is C19H23N3O3. The second-order valence-electron chi connectivity index (χ2n) is 5.88. The Morgan fingerprint density at radius 2 is 2.00 bits per heavy atom. The summed E-state index contributed by atoms with van der Waals surface area (Å²) in [5.74, 6) is 2.56. The molecule has 0 fully saturated rings. The Labute approximate surface area is 147 Å². The number of H-pyrrole nitrogens is 1. The minimum atomic E-state index is 0.680. The number of rotatable bonds is 8. The average molecular weight is 341 g/mol. The van der Waals surface area contributed by atoms with Crippen LogP contribution in [0.1, 0.15) is 22.7 Å². The molecule has 0 saturated carbocycles. The fourth-order valence-corrected chi connectivity index (χ4v) is 2.80. The maximum atomic E-state index is 5.53. The predicted octanol–water partition coefficient (Wildman–Crippen LogP) is 3.53. The molecule has 0 saturated heterocycles. The van der Waals surface area contributed by atoms with Crippen LogP contribution >= 0.6 is 0 Å². The van der Waals surface area contributed by atoms with E-state index in [9.17, 15) is 0 Å². The minimum absolute atomic E-state index is 0.680. The quantitative estimate of drug-likeness (QED) is 0.679. The van der Waals surface area contributed by atoms with Gasteiger partial charge in [0, 0.05) is 24.3 Å². The molecule has 2 heterocycles. The summed E-state index contributed by atoms with van der Waals surface area (Å²) in [6.45, 7) is 4.10. The van der Waals surface area contributed by atoms with Crippen molar-refractivity contribution in [1.29, 1.82) is 0 Å². The number of aryl methyl sites for hydroxylation is 1. The highest BCUT2D eigenvalue weighted by molar-refractivity contribution is 5.40. The summed E-state index contributed by atoms with van der Waals surface area (Å²) in [6.07, 6.45) is 3.42. The number of nitrogens with one attached hydrogen (secondary N) is 1. The number of benzene rings is 1. The van der Waals surface area contributed by atoms with E-state index >= 15 is 0 Å². The number of hydrogen-bond acceptors (Lipinski definition) is 5. The van der Waals surface area contributed by atoms with Crippen molar-refractivity contribution in [1.82, 2.24) is 14.9 Å². The van der Waals surface area contributed by atoms with Crippen molar-refractivity contribution in [2.24, 2.45) is 0 Å². The van der Waals surface area contributed by atoms with Gasteiger partial charge in [-0.25, -0.2) is 4.98 Å². The van der Waals surface area contributed by atoms with Crippen LogP contribution in [0.4, 0.5) is 0 Å². The number of hydrogen-bond donors (Lipinski definition) is 1. The number of methoxy groups -OCH3 is 2. The summed E-state index contributed by atoms with van der Waals surface area (Å²) >= 11 is 0. The fraction of sp³-hybridized carbons (Fsp3) is 0.316. The van der Waals surface area contributed by atoms with E-state index in [4.69, 9.17) is 13.9 Å². The second-order valence-corrected chi connectivity index (χ2v) is 5.88. The summed E-state index contributed by atoms with van der Waals surface area (Å²) in [5.41, 5.74) is 3.15. The van der Waals surface area contributed by atoms with Crippen LogP contribution in [0.25, 0.3) is 0 Å². The molecule has 6 heteroatoms. The zero-order chi connectivity index (χ0) is 17.6. The van der Waals surface area contributed by atoms with Crippen molar-refractivity contribution in [2.45, 2.75) is 26.6 Å². The van der Waals surface area contributed by atoms with Crippen molar-refractivity contribution < 1.29 is 13.9 Å². The molecule has 1 aromatic carbocycles. The van der Waals surface area contributed by atoms with Crippen LogP contribution < -0.4 is 9.47 Å². The van der Waals surface area contributed by atoms with E-state index in [0.717, 1.165) is 34.2 Å². The molecule has 2 aromatic heterocycles. The Balaban J connectivity index is 1.85. The largest absolute Gasteiger partial charge is 0.497 e. The van der Waals surface area contributed by atoms with Gasteiger partial charge in [-0.1, -0.05) is 0 Å². The summed E-state index contributed by atoms with van der Waals surface area (Å²) < 4.78 is 16.4. The lowest BCUT2D eigenvalue weighted by Gasteiger charge is -2.22. The van der Waals surface area contributed by atoms with Gasteiger partial charge in [-0.05, 0) is 37.3 Å². The predicted molar refractivity (Wildman–Crippen MR) is 94.5 cm³/mol. The van der Waals surface area contributed by atoms with Crippen LogP contribution in [0, 0.1) is 6.92 Å². The van der Waals surface area contributed by atoms with Crippen LogP contribution in [0.2, 0.25) is 0 Å². The van der Waals surface area contributed by atoms with E-state index in [1.165, 1.54) is 0 Å². The second kappa shape index (κ2) is 7.90. The van der Waals surface area contributed by atoms with Crippen molar-refractivity contribution in [2.75, 3.05) is 14.2 Å². The summed E-state index contributed by atoms with van der Waals surface area (Å²) in [5, 5.41) is 0. The van der Waals surface area contributed by atoms with Gasteiger partial charge < -0.3 is 18.9 Å². The lowest BCUT2D eigenvalue weighted by molar-refractivity contribution is 0.221. The first-order chi connectivity index (χ1) is 12.2. The number of aromatic amines is 1. The van der Waals surface area contributed by atoms with Crippen LogP contribution in [0.15, 0.2) is 47.3 Å². The molecule has 3 aromatic rings. The summed E-state index contributed by atoms with van der Waals surface area (Å²) in [6, 6.07) is 9.72. The lowest BCUT2D eigenvalue weighted by Crippen LogP contribution is -2.23. The van der Waals surface area contributed by atoms with Gasteiger partial charge in [-0.15, -0.1) is 0 Å². The molecule has 132 valence electrons. The van der Waals surface area contributed by atoms with Gasteiger partial charge in [-0.2, -0.15) is 0 Å². The molecule has 0 aliphatic heterocycles. The number of furan rings is 1. The van der Waals surface area contributed by atoms with Gasteiger partial charge in [0.25, 0.3) is 0 Å². The van der Waals surface area contributed by atoms with Crippen LogP contribution in [0.3, 0.4) is 0 Å². The normalized spacial score (nSPS) is 11.0. The maximum Gasteiger partial charge on any atom is 0.123 e. The Kier molecular flexibility index (Phi) is 5.40. The molecule has 1 N–H and O–H groups in total. The van der Waals surface area contributed by atoms with Gasteiger partial charge in [0.1, 0.15) is 17.3 Å². The smallest absolute Gasteiger partial charge is 0.123 e. The summed E-state index contributed by atoms with van der Waals surface area (Å²) in [4.78, 5) is 9.81. The highest BCUT2D eigenvalue weighted by Crippen LogP contribution is 2.26. The lowest BCUT2D eigenvalue weighted by atomic mass is 10.1. The van der Waals surface area contributed by atoms with Crippen LogP contribution in [-0.4, -0.2) is 29.1 Å². The fourth-order valence-electron chi connectivity index (χ4n) is 2.80. The zero-order valence-electron chi connectivity index (χ0n) is 14.8. The standard InChI is InChI=1S/C19H23N3O3/c1-14-18(21-13-20-14)12-22(11-17-5-4-8-25-17)10-15-9-16(23-2)6-7-19(15)24-3/h4-9,13H,10-12H2,1-3H3,(H,20,21). The molecule has 0 unspecified atom stereocenters. The van der Waals surface area contributed by atoms with Gasteiger partial charge in [-0.3, -0.25) is 4.90 Å². The molecule has 3 rings (SSSR count). The maximum absolute atomic E-state index is 5.53. The molecule has 25 heavy (non-hydrogen) atoms. The third-order valence-corrected chi connectivity index (χ3v) is 4.15. The van der Waals surface area contributed by atoms with E-state index in [0.29, 0.717) is 19.6 Å². The number of aromatic nitrogens is 2. The topological polar surface area (TPSA) is 63.5 Å². The van der Waals surface area contributed by atoms with Gasteiger partial charge in [0.15, 0.2) is 0 Å². The van der Waals surface area contributed by atoms with E-state index in [1.54, 1.807) is 26.8 Å². The third-order valence-electron chi connectivity index (χ3n) is 4.15. The first-order valence-corrected chi connectivity index (χ1v) is 8.14. The first kappa shape index (κ1) is 17.1. The molecular weight excluding hydrogens is 318 g/mol. The minimum Gasteiger partial charge on any atom is -0.497 e. The van der Waals surface area contributed by atoms with E-state index in [-0.39, 0.29) is 0 Å². The molecule has 0 bridgehead atoms. The molecule has 6 nitrogen and oxygen atoms in total. The zero-order valence-corrected chi connectivity index (χ0v) is 14.8. The van der Waals surface area contributed by atoms with Gasteiger partial charge in [0.05, 0.1) is 39.0 Å². The Hall–Kier alpha value is -2.73. The molecule has 0 radical (unpaired) electrons. The van der Waals surface area contributed by atoms with Crippen molar-refractivity contribution in [3.63, 3.8) is 0 Å². The number of ether oxygens (including phenoxy) is 2.